The molecule has 1 saturated carbocycles. The van der Waals surface area contributed by atoms with E-state index in [2.05, 4.69) is 28.2 Å². The van der Waals surface area contributed by atoms with Gasteiger partial charge in [-0.15, -0.1) is 0 Å². The van der Waals surface area contributed by atoms with Gasteiger partial charge in [0.2, 0.25) is 0 Å². The number of benzene rings is 1. The number of nitrogens with one attached hydrogen (secondary N) is 2. The maximum atomic E-state index is 12.7. The minimum absolute atomic E-state index is 0.0454. The fourth-order valence-corrected chi connectivity index (χ4v) is 4.39. The number of aryl methyl sites for hydroxylation is 1. The quantitative estimate of drug-likeness (QED) is 0.601. The van der Waals surface area contributed by atoms with Gasteiger partial charge < -0.3 is 19.6 Å². The van der Waals surface area contributed by atoms with Gasteiger partial charge in [-0.25, -0.2) is 0 Å². The zero-order chi connectivity index (χ0) is 20.2. The van der Waals surface area contributed by atoms with Gasteiger partial charge >= 0.3 is 0 Å². The minimum Gasteiger partial charge on any atom is -0.467 e. The Morgan fingerprint density at radius 2 is 2.07 bits per heavy atom. The molecule has 0 unspecified atom stereocenters. The Morgan fingerprint density at radius 3 is 2.83 bits per heavy atom. The highest BCUT2D eigenvalue weighted by atomic mass is 32.1. The second kappa shape index (κ2) is 8.82. The van der Waals surface area contributed by atoms with Gasteiger partial charge in [-0.3, -0.25) is 4.79 Å². The van der Waals surface area contributed by atoms with Crippen LogP contribution < -0.4 is 10.9 Å². The number of aromatic nitrogens is 1. The van der Waals surface area contributed by atoms with Crippen molar-refractivity contribution in [1.82, 2.24) is 15.2 Å². The number of hydrogen-bond acceptors (Lipinski definition) is 3. The number of H-pyrrole nitrogens is 1. The molecule has 0 amide bonds. The smallest absolute Gasteiger partial charge is 0.253 e. The first-order valence-electron chi connectivity index (χ1n) is 10.3. The number of rotatable bonds is 5. The van der Waals surface area contributed by atoms with Crippen molar-refractivity contribution in [3.8, 4) is 0 Å². The van der Waals surface area contributed by atoms with Gasteiger partial charge in [-0.2, -0.15) is 0 Å². The zero-order valence-electron chi connectivity index (χ0n) is 16.7. The number of nitrogens with zero attached hydrogens (tertiary/aromatic N) is 1. The van der Waals surface area contributed by atoms with Crippen molar-refractivity contribution in [3.05, 3.63) is 69.9 Å². The van der Waals surface area contributed by atoms with Crippen LogP contribution in [-0.2, 0) is 13.1 Å². The molecule has 0 radical (unpaired) electrons. The summed E-state index contributed by atoms with van der Waals surface area (Å²) in [7, 11) is 0. The van der Waals surface area contributed by atoms with E-state index in [1.54, 1.807) is 6.26 Å². The summed E-state index contributed by atoms with van der Waals surface area (Å²) < 4.78 is 5.41. The summed E-state index contributed by atoms with van der Waals surface area (Å²) in [4.78, 5) is 18.0. The molecule has 5 nitrogen and oxygen atoms in total. The number of hydrogen-bond donors (Lipinski definition) is 2. The fraction of sp³-hybridized carbons (Fsp3) is 0.391. The van der Waals surface area contributed by atoms with Crippen LogP contribution in [0.4, 0.5) is 0 Å². The van der Waals surface area contributed by atoms with Crippen LogP contribution in [-0.4, -0.2) is 21.0 Å². The molecular weight excluding hydrogens is 382 g/mol. The normalized spacial score (nSPS) is 14.8. The second-order valence-electron chi connectivity index (χ2n) is 7.87. The van der Waals surface area contributed by atoms with Crippen LogP contribution in [0.25, 0.3) is 10.9 Å². The first kappa shape index (κ1) is 19.7. The fourth-order valence-electron chi connectivity index (χ4n) is 4.11. The van der Waals surface area contributed by atoms with Gasteiger partial charge in [0.25, 0.3) is 5.56 Å². The molecule has 3 aromatic rings. The van der Waals surface area contributed by atoms with E-state index >= 15 is 0 Å². The highest BCUT2D eigenvalue weighted by Gasteiger charge is 2.24. The van der Waals surface area contributed by atoms with Gasteiger partial charge in [0.05, 0.1) is 19.4 Å². The van der Waals surface area contributed by atoms with Crippen molar-refractivity contribution < 1.29 is 4.42 Å². The molecule has 152 valence electrons. The monoisotopic (exact) mass is 409 g/mol. The Balaban J connectivity index is 1.58. The predicted octanol–water partition coefficient (Wildman–Crippen LogP) is 4.64. The lowest BCUT2D eigenvalue weighted by Gasteiger charge is -2.36. The topological polar surface area (TPSA) is 61.3 Å². The molecule has 4 rings (SSSR count). The average molecular weight is 410 g/mol. The van der Waals surface area contributed by atoms with E-state index in [9.17, 15) is 4.79 Å². The summed E-state index contributed by atoms with van der Waals surface area (Å²) >= 11 is 5.75. The van der Waals surface area contributed by atoms with Crippen molar-refractivity contribution >= 4 is 28.2 Å². The third kappa shape index (κ3) is 4.70. The van der Waals surface area contributed by atoms with Crippen LogP contribution in [0, 0.1) is 6.92 Å². The molecule has 1 aromatic carbocycles. The Morgan fingerprint density at radius 1 is 1.24 bits per heavy atom. The molecular formula is C23H27N3O2S. The van der Waals surface area contributed by atoms with E-state index in [4.69, 9.17) is 16.6 Å². The summed E-state index contributed by atoms with van der Waals surface area (Å²) in [6, 6.07) is 12.2. The Bertz CT molecular complexity index is 1040. The molecule has 2 heterocycles. The maximum Gasteiger partial charge on any atom is 0.253 e. The van der Waals surface area contributed by atoms with Crippen LogP contribution in [0.5, 0.6) is 0 Å². The molecule has 0 atom stereocenters. The van der Waals surface area contributed by atoms with Crippen LogP contribution in [0.1, 0.15) is 49.0 Å². The van der Waals surface area contributed by atoms with E-state index in [0.29, 0.717) is 24.2 Å². The van der Waals surface area contributed by atoms with E-state index in [0.717, 1.165) is 35.1 Å². The summed E-state index contributed by atoms with van der Waals surface area (Å²) in [6.07, 6.45) is 7.55. The summed E-state index contributed by atoms with van der Waals surface area (Å²) in [5.74, 6) is 0.843. The molecule has 1 aliphatic rings. The van der Waals surface area contributed by atoms with E-state index < -0.39 is 0 Å². The molecule has 1 fully saturated rings. The molecule has 29 heavy (non-hydrogen) atoms. The number of fused-ring (bicyclic) bond motifs is 1. The number of furan rings is 1. The van der Waals surface area contributed by atoms with Gasteiger partial charge in [0, 0.05) is 17.1 Å². The largest absolute Gasteiger partial charge is 0.467 e. The Kier molecular flexibility index (Phi) is 6.00. The van der Waals surface area contributed by atoms with Gasteiger partial charge in [0.15, 0.2) is 5.11 Å². The predicted molar refractivity (Wildman–Crippen MR) is 120 cm³/mol. The third-order valence-electron chi connectivity index (χ3n) is 5.69. The lowest BCUT2D eigenvalue weighted by molar-refractivity contribution is 0.234. The van der Waals surface area contributed by atoms with Gasteiger partial charge in [-0.05, 0) is 67.7 Å². The molecule has 2 aromatic heterocycles. The Labute approximate surface area is 176 Å². The molecule has 1 aliphatic carbocycles. The summed E-state index contributed by atoms with van der Waals surface area (Å²) in [6.45, 7) is 3.11. The van der Waals surface area contributed by atoms with E-state index in [-0.39, 0.29) is 5.56 Å². The third-order valence-corrected chi connectivity index (χ3v) is 6.07. The van der Waals surface area contributed by atoms with Gasteiger partial charge in [0.1, 0.15) is 5.76 Å². The van der Waals surface area contributed by atoms with Crippen LogP contribution in [0.15, 0.2) is 51.9 Å². The maximum absolute atomic E-state index is 12.7. The highest BCUT2D eigenvalue weighted by Crippen LogP contribution is 2.24. The SMILES string of the molecule is Cc1ccc2[nH]c(=O)c(CN(C(=S)NCc3ccco3)C3CCCCC3)cc2c1. The first-order valence-corrected chi connectivity index (χ1v) is 10.7. The van der Waals surface area contributed by atoms with Crippen molar-refractivity contribution in [2.75, 3.05) is 0 Å². The van der Waals surface area contributed by atoms with Crippen LogP contribution >= 0.6 is 12.2 Å². The Hall–Kier alpha value is -2.60. The van der Waals surface area contributed by atoms with Crippen molar-refractivity contribution in [2.45, 2.75) is 58.2 Å². The van der Waals surface area contributed by atoms with Gasteiger partial charge in [-0.1, -0.05) is 30.9 Å². The van der Waals surface area contributed by atoms with Crippen LogP contribution in [0.3, 0.4) is 0 Å². The molecule has 0 bridgehead atoms. The minimum atomic E-state index is -0.0454. The standard InChI is InChI=1S/C23H27N3O2S/c1-16-9-10-21-17(12-16)13-18(22(27)25-21)15-26(19-6-3-2-4-7-19)23(29)24-14-20-8-5-11-28-20/h5,8-13,19H,2-4,6-7,14-15H2,1H3,(H,24,29)(H,25,27). The van der Waals surface area contributed by atoms with Crippen molar-refractivity contribution in [2.24, 2.45) is 0 Å². The highest BCUT2D eigenvalue weighted by molar-refractivity contribution is 7.80. The number of pyridine rings is 1. The molecule has 0 saturated heterocycles. The average Bonchev–Trinajstić information content (AvgIpc) is 3.25. The van der Waals surface area contributed by atoms with E-state index in [1.807, 2.05) is 30.3 Å². The van der Waals surface area contributed by atoms with Crippen molar-refractivity contribution in [1.29, 1.82) is 0 Å². The molecule has 0 aliphatic heterocycles. The second-order valence-corrected chi connectivity index (χ2v) is 8.26. The molecule has 0 spiro atoms. The lowest BCUT2D eigenvalue weighted by atomic mass is 9.94. The van der Waals surface area contributed by atoms with E-state index in [1.165, 1.54) is 24.8 Å². The number of thiocarbonyl (C=S) groups is 1. The van der Waals surface area contributed by atoms with Crippen molar-refractivity contribution in [3.63, 3.8) is 0 Å². The summed E-state index contributed by atoms with van der Waals surface area (Å²) in [5.41, 5.74) is 2.74. The first-order chi connectivity index (χ1) is 14.1. The number of aromatic amines is 1. The molecule has 6 heteroatoms. The lowest BCUT2D eigenvalue weighted by Crippen LogP contribution is -2.46. The zero-order valence-corrected chi connectivity index (χ0v) is 17.6. The summed E-state index contributed by atoms with van der Waals surface area (Å²) in [5, 5.41) is 5.05. The van der Waals surface area contributed by atoms with Crippen LogP contribution in [0.2, 0.25) is 0 Å². The molecule has 2 N–H and O–H groups in total.